The topological polar surface area (TPSA) is 12.0 Å². The van der Waals surface area contributed by atoms with Gasteiger partial charge in [0.1, 0.15) is 0 Å². The molecule has 0 amide bonds. The molecule has 1 nitrogen and oxygen atoms in total. The minimum atomic E-state index is -4.38. The van der Waals surface area contributed by atoms with Crippen LogP contribution in [-0.4, -0.2) is 0 Å². The zero-order valence-electron chi connectivity index (χ0n) is 9.09. The normalized spacial score (nSPS) is 11.6. The maximum Gasteiger partial charge on any atom is 0.416 e. The van der Waals surface area contributed by atoms with E-state index in [-0.39, 0.29) is 5.02 Å². The Kier molecular flexibility index (Phi) is 3.82. The number of halogens is 4. The highest BCUT2D eigenvalue weighted by molar-refractivity contribution is 7.09. The molecule has 96 valence electrons. The highest BCUT2D eigenvalue weighted by Crippen LogP contribution is 2.33. The summed E-state index contributed by atoms with van der Waals surface area (Å²) in [5, 5.41) is 4.91. The first-order valence-corrected chi connectivity index (χ1v) is 6.35. The van der Waals surface area contributed by atoms with Crippen LogP contribution >= 0.6 is 22.9 Å². The summed E-state index contributed by atoms with van der Waals surface area (Å²) in [6.45, 7) is 0.481. The van der Waals surface area contributed by atoms with E-state index in [1.807, 2.05) is 17.5 Å². The van der Waals surface area contributed by atoms with Crippen LogP contribution in [0.2, 0.25) is 5.02 Å². The SMILES string of the molecule is FC(F)(F)c1cc(Cl)cc(NCc2cccs2)c1. The lowest BCUT2D eigenvalue weighted by Crippen LogP contribution is -2.06. The smallest absolute Gasteiger partial charge is 0.380 e. The van der Waals surface area contributed by atoms with Crippen molar-refractivity contribution in [1.82, 2.24) is 0 Å². The van der Waals surface area contributed by atoms with Crippen LogP contribution in [0.3, 0.4) is 0 Å². The first-order valence-electron chi connectivity index (χ1n) is 5.09. The average Bonchev–Trinajstić information content (AvgIpc) is 2.77. The largest absolute Gasteiger partial charge is 0.416 e. The first-order chi connectivity index (χ1) is 8.45. The maximum absolute atomic E-state index is 12.6. The van der Waals surface area contributed by atoms with E-state index in [0.29, 0.717) is 12.2 Å². The second kappa shape index (κ2) is 5.20. The molecule has 0 aliphatic heterocycles. The van der Waals surface area contributed by atoms with E-state index in [1.54, 1.807) is 0 Å². The Morgan fingerprint density at radius 3 is 2.61 bits per heavy atom. The molecule has 1 aromatic heterocycles. The summed E-state index contributed by atoms with van der Waals surface area (Å²) in [4.78, 5) is 1.04. The van der Waals surface area contributed by atoms with Gasteiger partial charge in [-0.05, 0) is 29.6 Å². The molecule has 2 aromatic rings. The molecule has 0 fully saturated rings. The number of nitrogens with one attached hydrogen (secondary N) is 1. The highest BCUT2D eigenvalue weighted by Gasteiger charge is 2.31. The predicted octanol–water partition coefficient (Wildman–Crippen LogP) is 5.03. The minimum absolute atomic E-state index is 0.0681. The van der Waals surface area contributed by atoms with E-state index in [4.69, 9.17) is 11.6 Å². The van der Waals surface area contributed by atoms with Crippen LogP contribution < -0.4 is 5.32 Å². The van der Waals surface area contributed by atoms with E-state index in [9.17, 15) is 13.2 Å². The number of rotatable bonds is 3. The van der Waals surface area contributed by atoms with Crippen LogP contribution in [0.25, 0.3) is 0 Å². The number of hydrogen-bond acceptors (Lipinski definition) is 2. The first kappa shape index (κ1) is 13.2. The summed E-state index contributed by atoms with van der Waals surface area (Å²) in [5.41, 5.74) is -0.382. The van der Waals surface area contributed by atoms with E-state index >= 15 is 0 Å². The van der Waals surface area contributed by atoms with E-state index in [0.717, 1.165) is 17.0 Å². The van der Waals surface area contributed by atoms with Crippen molar-refractivity contribution in [2.75, 3.05) is 5.32 Å². The third-order valence-electron chi connectivity index (χ3n) is 2.27. The Morgan fingerprint density at radius 2 is 2.00 bits per heavy atom. The second-order valence-corrected chi connectivity index (χ2v) is 5.13. The quantitative estimate of drug-likeness (QED) is 0.836. The molecule has 1 N–H and O–H groups in total. The third kappa shape index (κ3) is 3.40. The van der Waals surface area contributed by atoms with Gasteiger partial charge in [-0.15, -0.1) is 11.3 Å². The van der Waals surface area contributed by atoms with Crippen LogP contribution in [-0.2, 0) is 12.7 Å². The molecule has 0 spiro atoms. The molecule has 18 heavy (non-hydrogen) atoms. The molecule has 6 heteroatoms. The van der Waals surface area contributed by atoms with Crippen LogP contribution in [0, 0.1) is 0 Å². The molecule has 0 unspecified atom stereocenters. The molecule has 0 radical (unpaired) electrons. The van der Waals surface area contributed by atoms with Crippen molar-refractivity contribution in [2.24, 2.45) is 0 Å². The monoisotopic (exact) mass is 291 g/mol. The van der Waals surface area contributed by atoms with Gasteiger partial charge in [0.25, 0.3) is 0 Å². The molecule has 0 saturated heterocycles. The molecule has 0 aliphatic carbocycles. The van der Waals surface area contributed by atoms with Crippen LogP contribution in [0.1, 0.15) is 10.4 Å². The number of thiophene rings is 1. The Balaban J connectivity index is 2.15. The lowest BCUT2D eigenvalue weighted by Gasteiger charge is -2.11. The lowest BCUT2D eigenvalue weighted by molar-refractivity contribution is -0.137. The molecule has 1 heterocycles. The average molecular weight is 292 g/mol. The Morgan fingerprint density at radius 1 is 1.22 bits per heavy atom. The van der Waals surface area contributed by atoms with Gasteiger partial charge in [-0.3, -0.25) is 0 Å². The van der Waals surface area contributed by atoms with Crippen LogP contribution in [0.5, 0.6) is 0 Å². The van der Waals surface area contributed by atoms with Crippen molar-refractivity contribution in [3.8, 4) is 0 Å². The van der Waals surface area contributed by atoms with Gasteiger partial charge in [0.05, 0.1) is 5.56 Å². The van der Waals surface area contributed by atoms with Crippen molar-refractivity contribution in [3.63, 3.8) is 0 Å². The fraction of sp³-hybridized carbons (Fsp3) is 0.167. The summed E-state index contributed by atoms with van der Waals surface area (Å²) < 4.78 is 37.7. The van der Waals surface area contributed by atoms with Crippen LogP contribution in [0.15, 0.2) is 35.7 Å². The molecule has 0 aliphatic rings. The molecular weight excluding hydrogens is 283 g/mol. The lowest BCUT2D eigenvalue weighted by atomic mass is 10.2. The fourth-order valence-electron chi connectivity index (χ4n) is 1.46. The fourth-order valence-corrected chi connectivity index (χ4v) is 2.34. The summed E-state index contributed by atoms with van der Waals surface area (Å²) in [6, 6.07) is 7.25. The maximum atomic E-state index is 12.6. The molecule has 0 atom stereocenters. The van der Waals surface area contributed by atoms with Gasteiger partial charge in [-0.1, -0.05) is 17.7 Å². The van der Waals surface area contributed by atoms with Crippen molar-refractivity contribution in [1.29, 1.82) is 0 Å². The van der Waals surface area contributed by atoms with Crippen molar-refractivity contribution in [2.45, 2.75) is 12.7 Å². The zero-order valence-corrected chi connectivity index (χ0v) is 10.7. The van der Waals surface area contributed by atoms with Gasteiger partial charge >= 0.3 is 6.18 Å². The molecule has 2 rings (SSSR count). The zero-order chi connectivity index (χ0) is 13.2. The summed E-state index contributed by atoms with van der Waals surface area (Å²) in [7, 11) is 0. The molecular formula is C12H9ClF3NS. The van der Waals surface area contributed by atoms with Crippen LogP contribution in [0.4, 0.5) is 18.9 Å². The predicted molar refractivity (Wildman–Crippen MR) is 68.1 cm³/mol. The molecule has 0 bridgehead atoms. The van der Waals surface area contributed by atoms with E-state index < -0.39 is 11.7 Å². The van der Waals surface area contributed by atoms with E-state index in [2.05, 4.69) is 5.32 Å². The van der Waals surface area contributed by atoms with Crippen molar-refractivity contribution < 1.29 is 13.2 Å². The van der Waals surface area contributed by atoms with Crippen molar-refractivity contribution >= 4 is 28.6 Å². The highest BCUT2D eigenvalue weighted by atomic mass is 35.5. The van der Waals surface area contributed by atoms with Crippen molar-refractivity contribution in [3.05, 3.63) is 51.2 Å². The number of alkyl halides is 3. The van der Waals surface area contributed by atoms with Gasteiger partial charge in [-0.2, -0.15) is 13.2 Å². The molecule has 1 aromatic carbocycles. The summed E-state index contributed by atoms with van der Waals surface area (Å²) in [5.74, 6) is 0. The third-order valence-corrected chi connectivity index (χ3v) is 3.37. The van der Waals surface area contributed by atoms with Gasteiger partial charge in [0, 0.05) is 22.1 Å². The minimum Gasteiger partial charge on any atom is -0.380 e. The van der Waals surface area contributed by atoms with Gasteiger partial charge < -0.3 is 5.32 Å². The number of anilines is 1. The summed E-state index contributed by atoms with van der Waals surface area (Å²) >= 11 is 7.22. The molecule has 0 saturated carbocycles. The standard InChI is InChI=1S/C12H9ClF3NS/c13-9-4-8(12(14,15)16)5-10(6-9)17-7-11-2-1-3-18-11/h1-6,17H,7H2. The number of benzene rings is 1. The van der Waals surface area contributed by atoms with Gasteiger partial charge in [0.15, 0.2) is 0 Å². The van der Waals surface area contributed by atoms with Gasteiger partial charge in [0.2, 0.25) is 0 Å². The summed E-state index contributed by atoms with van der Waals surface area (Å²) in [6.07, 6.45) is -4.38. The number of hydrogen-bond donors (Lipinski definition) is 1. The van der Waals surface area contributed by atoms with E-state index in [1.165, 1.54) is 17.4 Å². The Hall–Kier alpha value is -1.20. The second-order valence-electron chi connectivity index (χ2n) is 3.66. The Bertz CT molecular complexity index is 523. The Labute approximate surface area is 111 Å². The van der Waals surface area contributed by atoms with Gasteiger partial charge in [-0.25, -0.2) is 0 Å².